The van der Waals surface area contributed by atoms with Gasteiger partial charge in [0.1, 0.15) is 11.6 Å². The molecule has 2 rings (SSSR count). The average molecular weight is 225 g/mol. The quantitative estimate of drug-likeness (QED) is 0.838. The van der Waals surface area contributed by atoms with Crippen LogP contribution in [-0.4, -0.2) is 19.5 Å². The van der Waals surface area contributed by atoms with E-state index in [1.54, 1.807) is 7.11 Å². The number of nitrogens with one attached hydrogen (secondary N) is 1. The maximum absolute atomic E-state index is 6.01. The first-order valence-corrected chi connectivity index (χ1v) is 5.31. The smallest absolute Gasteiger partial charge is 0.137 e. The van der Waals surface area contributed by atoms with E-state index < -0.39 is 0 Å². The molecule has 80 valence electrons. The minimum atomic E-state index is 0.612. The molecular weight excluding hydrogens is 212 g/mol. The normalized spacial score (nSPS) is 14.9. The van der Waals surface area contributed by atoms with Crippen LogP contribution in [0.3, 0.4) is 0 Å². The third kappa shape index (κ3) is 2.42. The van der Waals surface area contributed by atoms with Gasteiger partial charge in [-0.2, -0.15) is 0 Å². The highest BCUT2D eigenvalue weighted by Crippen LogP contribution is 2.27. The lowest BCUT2D eigenvalue weighted by atomic mass is 10.3. The zero-order valence-electron chi connectivity index (χ0n) is 8.59. The van der Waals surface area contributed by atoms with E-state index in [9.17, 15) is 0 Å². The molecule has 1 N–H and O–H groups in total. The Labute approximate surface area is 94.1 Å². The first-order chi connectivity index (χ1) is 7.29. The van der Waals surface area contributed by atoms with E-state index in [-0.39, 0.29) is 0 Å². The zero-order valence-corrected chi connectivity index (χ0v) is 9.34. The molecule has 0 fully saturated rings. The van der Waals surface area contributed by atoms with Crippen molar-refractivity contribution in [3.05, 3.63) is 23.2 Å². The second kappa shape index (κ2) is 4.53. The molecule has 3 nitrogen and oxygen atoms in total. The van der Waals surface area contributed by atoms with Crippen molar-refractivity contribution in [1.29, 1.82) is 0 Å². The standard InChI is InChI=1S/C11H13ClN2O/c1-15-10-5-4-8(7-9(10)12)14-11-3-2-6-13-11/h4-5,7H,2-3,6H2,1H3,(H,13,14). The maximum Gasteiger partial charge on any atom is 0.137 e. The van der Waals surface area contributed by atoms with Crippen molar-refractivity contribution < 1.29 is 4.74 Å². The first kappa shape index (κ1) is 10.3. The largest absolute Gasteiger partial charge is 0.495 e. The third-order valence-corrected chi connectivity index (χ3v) is 2.61. The summed E-state index contributed by atoms with van der Waals surface area (Å²) < 4.78 is 5.08. The van der Waals surface area contributed by atoms with Crippen LogP contribution >= 0.6 is 11.6 Å². The van der Waals surface area contributed by atoms with Gasteiger partial charge in [-0.25, -0.2) is 0 Å². The fourth-order valence-electron chi connectivity index (χ4n) is 1.55. The van der Waals surface area contributed by atoms with Crippen LogP contribution < -0.4 is 10.1 Å². The molecule has 4 heteroatoms. The summed E-state index contributed by atoms with van der Waals surface area (Å²) in [5.74, 6) is 1.73. The fourth-order valence-corrected chi connectivity index (χ4v) is 1.81. The molecule has 0 aliphatic carbocycles. The van der Waals surface area contributed by atoms with Crippen molar-refractivity contribution in [3.8, 4) is 5.75 Å². The van der Waals surface area contributed by atoms with Gasteiger partial charge in [-0.1, -0.05) is 11.6 Å². The minimum Gasteiger partial charge on any atom is -0.495 e. The number of hydrogen-bond donors (Lipinski definition) is 1. The summed E-state index contributed by atoms with van der Waals surface area (Å²) in [4.78, 5) is 4.33. The van der Waals surface area contributed by atoms with E-state index >= 15 is 0 Å². The highest BCUT2D eigenvalue weighted by molar-refractivity contribution is 6.32. The number of ether oxygens (including phenoxy) is 1. The number of rotatable bonds is 2. The van der Waals surface area contributed by atoms with Crippen LogP contribution in [0.1, 0.15) is 12.8 Å². The molecule has 1 aromatic rings. The Kier molecular flexibility index (Phi) is 3.11. The van der Waals surface area contributed by atoms with Crippen molar-refractivity contribution in [2.45, 2.75) is 12.8 Å². The molecule has 0 unspecified atom stereocenters. The van der Waals surface area contributed by atoms with Crippen LogP contribution in [0, 0.1) is 0 Å². The Hall–Kier alpha value is -1.22. The predicted molar refractivity (Wildman–Crippen MR) is 63.2 cm³/mol. The van der Waals surface area contributed by atoms with Gasteiger partial charge in [-0.15, -0.1) is 0 Å². The summed E-state index contributed by atoms with van der Waals surface area (Å²) in [6.07, 6.45) is 2.15. The van der Waals surface area contributed by atoms with Crippen molar-refractivity contribution in [3.63, 3.8) is 0 Å². The summed E-state index contributed by atoms with van der Waals surface area (Å²) in [5, 5.41) is 3.86. The molecule has 0 radical (unpaired) electrons. The molecule has 1 aliphatic rings. The summed E-state index contributed by atoms with van der Waals surface area (Å²) >= 11 is 6.01. The number of halogens is 1. The van der Waals surface area contributed by atoms with Crippen LogP contribution in [0.5, 0.6) is 5.75 Å². The summed E-state index contributed by atoms with van der Waals surface area (Å²) in [7, 11) is 1.61. The summed E-state index contributed by atoms with van der Waals surface area (Å²) in [6, 6.07) is 5.63. The first-order valence-electron chi connectivity index (χ1n) is 4.93. The zero-order chi connectivity index (χ0) is 10.7. The number of anilines is 1. The molecule has 0 amide bonds. The molecular formula is C11H13ClN2O. The Bertz CT molecular complexity index is 390. The number of methoxy groups -OCH3 is 1. The lowest BCUT2D eigenvalue weighted by Gasteiger charge is -2.08. The summed E-state index contributed by atoms with van der Waals surface area (Å²) in [6.45, 7) is 0.923. The van der Waals surface area contributed by atoms with Crippen molar-refractivity contribution >= 4 is 23.1 Å². The highest BCUT2D eigenvalue weighted by atomic mass is 35.5. The van der Waals surface area contributed by atoms with E-state index in [0.717, 1.165) is 30.9 Å². The van der Waals surface area contributed by atoms with E-state index in [4.69, 9.17) is 16.3 Å². The molecule has 0 saturated heterocycles. The van der Waals surface area contributed by atoms with Gasteiger partial charge in [0.2, 0.25) is 0 Å². The van der Waals surface area contributed by atoms with Gasteiger partial charge in [-0.3, -0.25) is 4.99 Å². The number of hydrogen-bond acceptors (Lipinski definition) is 3. The Balaban J connectivity index is 2.12. The molecule has 1 aromatic carbocycles. The molecule has 0 atom stereocenters. The lowest BCUT2D eigenvalue weighted by molar-refractivity contribution is 0.415. The van der Waals surface area contributed by atoms with Crippen LogP contribution in [0.2, 0.25) is 5.02 Å². The monoisotopic (exact) mass is 224 g/mol. The Morgan fingerprint density at radius 2 is 2.33 bits per heavy atom. The van der Waals surface area contributed by atoms with Gasteiger partial charge < -0.3 is 10.1 Å². The van der Waals surface area contributed by atoms with Gasteiger partial charge in [-0.05, 0) is 24.6 Å². The summed E-state index contributed by atoms with van der Waals surface area (Å²) in [5.41, 5.74) is 0.960. The molecule has 0 aromatic heterocycles. The second-order valence-corrected chi connectivity index (χ2v) is 3.81. The van der Waals surface area contributed by atoms with Crippen LogP contribution in [0.25, 0.3) is 0 Å². The maximum atomic E-state index is 6.01. The lowest BCUT2D eigenvalue weighted by Crippen LogP contribution is -2.08. The predicted octanol–water partition coefficient (Wildman–Crippen LogP) is 2.95. The van der Waals surface area contributed by atoms with Gasteiger partial charge in [0.05, 0.1) is 12.1 Å². The van der Waals surface area contributed by atoms with Crippen molar-refractivity contribution in [2.75, 3.05) is 19.0 Å². The van der Waals surface area contributed by atoms with Crippen LogP contribution in [-0.2, 0) is 0 Å². The molecule has 0 spiro atoms. The van der Waals surface area contributed by atoms with E-state index in [0.29, 0.717) is 10.8 Å². The molecule has 1 heterocycles. The minimum absolute atomic E-state index is 0.612. The van der Waals surface area contributed by atoms with Gasteiger partial charge in [0, 0.05) is 18.7 Å². The van der Waals surface area contributed by atoms with Crippen molar-refractivity contribution in [2.24, 2.45) is 4.99 Å². The molecule has 15 heavy (non-hydrogen) atoms. The van der Waals surface area contributed by atoms with Gasteiger partial charge in [0.25, 0.3) is 0 Å². The third-order valence-electron chi connectivity index (χ3n) is 2.31. The highest BCUT2D eigenvalue weighted by Gasteiger charge is 2.07. The van der Waals surface area contributed by atoms with E-state index in [1.807, 2.05) is 18.2 Å². The Morgan fingerprint density at radius 3 is 2.93 bits per heavy atom. The van der Waals surface area contributed by atoms with E-state index in [1.165, 1.54) is 0 Å². The topological polar surface area (TPSA) is 33.6 Å². The van der Waals surface area contributed by atoms with Gasteiger partial charge in [0.15, 0.2) is 0 Å². The Morgan fingerprint density at radius 1 is 1.47 bits per heavy atom. The van der Waals surface area contributed by atoms with Crippen LogP contribution in [0.4, 0.5) is 5.69 Å². The number of amidine groups is 1. The average Bonchev–Trinajstić information content (AvgIpc) is 2.71. The SMILES string of the molecule is COc1ccc(NC2=NCCC2)cc1Cl. The molecule has 1 aliphatic heterocycles. The van der Waals surface area contributed by atoms with Crippen LogP contribution in [0.15, 0.2) is 23.2 Å². The van der Waals surface area contributed by atoms with E-state index in [2.05, 4.69) is 10.3 Å². The molecule has 0 saturated carbocycles. The number of benzene rings is 1. The number of aliphatic imine (C=N–C) groups is 1. The fraction of sp³-hybridized carbons (Fsp3) is 0.364. The van der Waals surface area contributed by atoms with Gasteiger partial charge >= 0.3 is 0 Å². The second-order valence-electron chi connectivity index (χ2n) is 3.41. The molecule has 0 bridgehead atoms. The van der Waals surface area contributed by atoms with Crippen molar-refractivity contribution in [1.82, 2.24) is 0 Å². The number of nitrogens with zero attached hydrogens (tertiary/aromatic N) is 1.